The van der Waals surface area contributed by atoms with Gasteiger partial charge in [-0.25, -0.2) is 0 Å². The van der Waals surface area contributed by atoms with Crippen molar-refractivity contribution in [2.45, 2.75) is 20.3 Å². The average Bonchev–Trinajstić information content (AvgIpc) is 2.53. The highest BCUT2D eigenvalue weighted by atomic mass is 127. The second kappa shape index (κ2) is 7.79. The summed E-state index contributed by atoms with van der Waals surface area (Å²) in [7, 11) is 2.11. The van der Waals surface area contributed by atoms with Gasteiger partial charge in [-0.2, -0.15) is 0 Å². The van der Waals surface area contributed by atoms with Gasteiger partial charge in [0.2, 0.25) is 0 Å². The highest BCUT2D eigenvalue weighted by Crippen LogP contribution is 2.35. The Hall–Kier alpha value is -0.590. The third kappa shape index (κ3) is 4.46. The van der Waals surface area contributed by atoms with E-state index in [0.29, 0.717) is 0 Å². The van der Waals surface area contributed by atoms with Gasteiger partial charge >= 0.3 is 0 Å². The molecule has 4 heteroatoms. The molecule has 1 fully saturated rings. The summed E-state index contributed by atoms with van der Waals surface area (Å²) in [5.41, 5.74) is 2.78. The van der Waals surface area contributed by atoms with Gasteiger partial charge in [0.15, 0.2) is 0 Å². The van der Waals surface area contributed by atoms with E-state index in [1.165, 1.54) is 14.8 Å². The zero-order valence-electron chi connectivity index (χ0n) is 13.9. The molecule has 0 unspecified atom stereocenters. The highest BCUT2D eigenvalue weighted by molar-refractivity contribution is 14.1. The van der Waals surface area contributed by atoms with E-state index < -0.39 is 0 Å². The normalized spacial score (nSPS) is 22.5. The van der Waals surface area contributed by atoms with E-state index in [4.69, 9.17) is 4.74 Å². The fourth-order valence-corrected chi connectivity index (χ4v) is 3.33. The molecule has 2 aliphatic rings. The fourth-order valence-electron chi connectivity index (χ4n) is 2.77. The van der Waals surface area contributed by atoms with Crippen molar-refractivity contribution in [1.29, 1.82) is 0 Å². The van der Waals surface area contributed by atoms with Crippen LogP contribution in [0.25, 0.3) is 0 Å². The van der Waals surface area contributed by atoms with E-state index >= 15 is 0 Å². The second-order valence-corrected chi connectivity index (χ2v) is 7.72. The number of ether oxygens (including phenoxy) is 1. The number of halogens is 1. The van der Waals surface area contributed by atoms with Crippen molar-refractivity contribution < 1.29 is 4.74 Å². The molecule has 122 valence electrons. The third-order valence-electron chi connectivity index (χ3n) is 4.50. The molecular formula is C18H27IN2O. The molecule has 0 spiro atoms. The smallest absolute Gasteiger partial charge is 0.0594 e. The van der Waals surface area contributed by atoms with E-state index in [0.717, 1.165) is 39.3 Å². The minimum Gasteiger partial charge on any atom is -0.379 e. The standard InChI is InChI=1S/C18H27IN2O/c1-5-16(19)17-7-6-15(14-20(17)4)18(2,3)8-9-21-10-12-22-13-11-21/h5-7,14H,1,8-13H2,2-4H3/b17-16+. The average molecular weight is 414 g/mol. The number of morpholine rings is 1. The van der Waals surface area contributed by atoms with Crippen molar-refractivity contribution in [2.75, 3.05) is 39.9 Å². The number of nitrogens with zero attached hydrogens (tertiary/aromatic N) is 2. The molecule has 0 bridgehead atoms. The van der Waals surface area contributed by atoms with Crippen molar-refractivity contribution in [3.63, 3.8) is 0 Å². The van der Waals surface area contributed by atoms with Crippen molar-refractivity contribution >= 4 is 22.6 Å². The summed E-state index contributed by atoms with van der Waals surface area (Å²) >= 11 is 2.33. The maximum absolute atomic E-state index is 5.42. The van der Waals surface area contributed by atoms with Crippen molar-refractivity contribution in [2.24, 2.45) is 5.41 Å². The number of allylic oxidation sites excluding steroid dienone is 5. The molecule has 0 atom stereocenters. The van der Waals surface area contributed by atoms with E-state index in [2.05, 4.69) is 78.2 Å². The first-order chi connectivity index (χ1) is 10.4. The Labute approximate surface area is 148 Å². The van der Waals surface area contributed by atoms with Gasteiger partial charge in [0, 0.05) is 29.9 Å². The van der Waals surface area contributed by atoms with Crippen LogP contribution >= 0.6 is 22.6 Å². The molecule has 0 N–H and O–H groups in total. The van der Waals surface area contributed by atoms with Gasteiger partial charge in [0.1, 0.15) is 0 Å². The second-order valence-electron chi connectivity index (χ2n) is 6.55. The van der Waals surface area contributed by atoms with Crippen LogP contribution in [0.1, 0.15) is 20.3 Å². The summed E-state index contributed by atoms with van der Waals surface area (Å²) in [6, 6.07) is 0. The quantitative estimate of drug-likeness (QED) is 0.634. The third-order valence-corrected chi connectivity index (χ3v) is 5.49. The SMILES string of the molecule is C=C/C(I)=C1/C=CC(C(C)(C)CCN2CCOCC2)=CN1C. The summed E-state index contributed by atoms with van der Waals surface area (Å²) in [5.74, 6) is 0. The molecular weight excluding hydrogens is 387 g/mol. The van der Waals surface area contributed by atoms with Gasteiger partial charge in [0.25, 0.3) is 0 Å². The Morgan fingerprint density at radius 1 is 1.36 bits per heavy atom. The molecule has 0 aromatic rings. The zero-order valence-corrected chi connectivity index (χ0v) is 16.1. The summed E-state index contributed by atoms with van der Waals surface area (Å²) in [5, 5.41) is 0. The Balaban J connectivity index is 2.00. The lowest BCUT2D eigenvalue weighted by molar-refractivity contribution is 0.0340. The Kier molecular flexibility index (Phi) is 6.29. The summed E-state index contributed by atoms with van der Waals surface area (Å²) < 4.78 is 6.60. The summed E-state index contributed by atoms with van der Waals surface area (Å²) in [6.07, 6.45) is 9.79. The molecule has 0 radical (unpaired) electrons. The topological polar surface area (TPSA) is 15.7 Å². The van der Waals surface area contributed by atoms with Crippen LogP contribution < -0.4 is 0 Å². The molecule has 2 aliphatic heterocycles. The maximum atomic E-state index is 5.42. The predicted molar refractivity (Wildman–Crippen MR) is 102 cm³/mol. The van der Waals surface area contributed by atoms with Gasteiger partial charge in [-0.1, -0.05) is 32.6 Å². The van der Waals surface area contributed by atoms with Gasteiger partial charge in [0.05, 0.1) is 18.9 Å². The van der Waals surface area contributed by atoms with Crippen LogP contribution in [0.15, 0.2) is 45.9 Å². The number of rotatable bonds is 5. The Bertz CT molecular complexity index is 499. The first kappa shape index (κ1) is 17.8. The number of likely N-dealkylation sites (N-methyl/N-ethyl adjacent to an activating group) is 1. The molecule has 0 aromatic carbocycles. The van der Waals surface area contributed by atoms with Crippen LogP contribution in [0, 0.1) is 5.41 Å². The first-order valence-electron chi connectivity index (χ1n) is 7.89. The Morgan fingerprint density at radius 2 is 2.05 bits per heavy atom. The molecule has 2 rings (SSSR count). The van der Waals surface area contributed by atoms with Crippen LogP contribution in [-0.2, 0) is 4.74 Å². The van der Waals surface area contributed by atoms with Crippen molar-refractivity contribution in [3.8, 4) is 0 Å². The minimum absolute atomic E-state index is 0.175. The van der Waals surface area contributed by atoms with Gasteiger partial charge in [-0.3, -0.25) is 4.90 Å². The fraction of sp³-hybridized carbons (Fsp3) is 0.556. The van der Waals surface area contributed by atoms with E-state index in [1.54, 1.807) is 0 Å². The molecule has 2 heterocycles. The predicted octanol–water partition coefficient (Wildman–Crippen LogP) is 3.95. The first-order valence-corrected chi connectivity index (χ1v) is 8.97. The van der Waals surface area contributed by atoms with Gasteiger partial charge in [-0.05, 0) is 52.6 Å². The molecule has 1 saturated heterocycles. The minimum atomic E-state index is 0.175. The Morgan fingerprint density at radius 3 is 2.64 bits per heavy atom. The van der Waals surface area contributed by atoms with Crippen LogP contribution in [0.2, 0.25) is 0 Å². The number of hydrogen-bond acceptors (Lipinski definition) is 3. The van der Waals surface area contributed by atoms with Crippen LogP contribution in [0.5, 0.6) is 0 Å². The van der Waals surface area contributed by atoms with E-state index in [1.807, 2.05) is 6.08 Å². The van der Waals surface area contributed by atoms with E-state index in [9.17, 15) is 0 Å². The molecule has 22 heavy (non-hydrogen) atoms. The van der Waals surface area contributed by atoms with Gasteiger partial charge < -0.3 is 9.64 Å². The monoisotopic (exact) mass is 414 g/mol. The van der Waals surface area contributed by atoms with Crippen LogP contribution in [-0.4, -0.2) is 49.7 Å². The van der Waals surface area contributed by atoms with Gasteiger partial charge in [-0.15, -0.1) is 0 Å². The van der Waals surface area contributed by atoms with Crippen LogP contribution in [0.3, 0.4) is 0 Å². The molecule has 0 saturated carbocycles. The van der Waals surface area contributed by atoms with Crippen molar-refractivity contribution in [3.05, 3.63) is 45.9 Å². The summed E-state index contributed by atoms with van der Waals surface area (Å²) in [4.78, 5) is 4.71. The lowest BCUT2D eigenvalue weighted by Crippen LogP contribution is -2.38. The largest absolute Gasteiger partial charge is 0.379 e. The maximum Gasteiger partial charge on any atom is 0.0594 e. The molecule has 0 aromatic heterocycles. The molecule has 0 amide bonds. The lowest BCUT2D eigenvalue weighted by Gasteiger charge is -2.34. The summed E-state index contributed by atoms with van der Waals surface area (Å²) in [6.45, 7) is 13.5. The zero-order chi connectivity index (χ0) is 16.2. The lowest BCUT2D eigenvalue weighted by atomic mass is 9.80. The van der Waals surface area contributed by atoms with Crippen LogP contribution in [0.4, 0.5) is 0 Å². The van der Waals surface area contributed by atoms with E-state index in [-0.39, 0.29) is 5.41 Å². The molecule has 0 aliphatic carbocycles. The highest BCUT2D eigenvalue weighted by Gasteiger charge is 2.25. The van der Waals surface area contributed by atoms with Crippen molar-refractivity contribution in [1.82, 2.24) is 9.80 Å². The molecule has 3 nitrogen and oxygen atoms in total. The number of hydrogen-bond donors (Lipinski definition) is 0.